The van der Waals surface area contributed by atoms with Crippen LogP contribution in [0.4, 0.5) is 5.69 Å². The number of rotatable bonds is 5. The van der Waals surface area contributed by atoms with E-state index in [2.05, 4.69) is 21.5 Å². The highest BCUT2D eigenvalue weighted by molar-refractivity contribution is 6.30. The molecule has 4 heterocycles. The van der Waals surface area contributed by atoms with Crippen LogP contribution in [0, 0.1) is 0 Å². The van der Waals surface area contributed by atoms with E-state index in [1.165, 1.54) is 0 Å². The summed E-state index contributed by atoms with van der Waals surface area (Å²) in [5.41, 5.74) is 6.71. The highest BCUT2D eigenvalue weighted by atomic mass is 35.5. The number of hydrogen-bond donors (Lipinski definition) is 2. The summed E-state index contributed by atoms with van der Waals surface area (Å²) in [5.74, 6) is 0.953. The number of piperidine rings is 1. The summed E-state index contributed by atoms with van der Waals surface area (Å²) in [5, 5.41) is 13.6. The molecule has 3 aliphatic heterocycles. The van der Waals surface area contributed by atoms with Crippen LogP contribution in [-0.4, -0.2) is 47.1 Å². The number of hydrazine groups is 1. The summed E-state index contributed by atoms with van der Waals surface area (Å²) < 4.78 is 6.25. The second-order valence-corrected chi connectivity index (χ2v) is 10.4. The van der Waals surface area contributed by atoms with Gasteiger partial charge in [-0.25, -0.2) is 9.78 Å². The Kier molecular flexibility index (Phi) is 6.80. The predicted octanol–water partition coefficient (Wildman–Crippen LogP) is 4.62. The number of anilines is 1. The van der Waals surface area contributed by atoms with Gasteiger partial charge in [0.2, 0.25) is 5.88 Å². The molecule has 38 heavy (non-hydrogen) atoms. The highest BCUT2D eigenvalue weighted by Gasteiger charge is 2.34. The molecule has 8 nitrogen and oxygen atoms in total. The molecule has 2 fully saturated rings. The zero-order chi connectivity index (χ0) is 26.1. The van der Waals surface area contributed by atoms with Crippen molar-refractivity contribution < 1.29 is 19.5 Å². The standard InChI is InChI=1S/C29H29ClN4O4/c30-22-10-8-21(9-11-22)29(36)12-16-33(17-13-29)15-3-4-20-18-24-25(34-19-27(35)38-32-34)6-1-7-26(24)37-28-23(20)5-2-14-31-28/h1-2,4-11,14,32,36H,3,12-13,15-19H2. The fourth-order valence-electron chi connectivity index (χ4n) is 5.42. The van der Waals surface area contributed by atoms with Crippen molar-refractivity contribution in [1.82, 2.24) is 15.5 Å². The summed E-state index contributed by atoms with van der Waals surface area (Å²) >= 11 is 6.03. The van der Waals surface area contributed by atoms with Gasteiger partial charge in [-0.15, -0.1) is 0 Å². The van der Waals surface area contributed by atoms with Crippen LogP contribution in [0.2, 0.25) is 5.02 Å². The van der Waals surface area contributed by atoms with Crippen LogP contribution < -0.4 is 15.3 Å². The average molecular weight is 533 g/mol. The van der Waals surface area contributed by atoms with E-state index in [9.17, 15) is 9.90 Å². The van der Waals surface area contributed by atoms with Gasteiger partial charge in [0.25, 0.3) is 0 Å². The Hall–Kier alpha value is -3.43. The second-order valence-electron chi connectivity index (χ2n) is 9.94. The van der Waals surface area contributed by atoms with Crippen molar-refractivity contribution in [2.24, 2.45) is 0 Å². The monoisotopic (exact) mass is 532 g/mol. The number of carbonyl (C=O) groups excluding carboxylic acids is 1. The van der Waals surface area contributed by atoms with Crippen molar-refractivity contribution in [1.29, 1.82) is 0 Å². The molecular formula is C29H29ClN4O4. The van der Waals surface area contributed by atoms with E-state index in [1.54, 1.807) is 11.2 Å². The first-order chi connectivity index (χ1) is 18.5. The molecule has 0 aliphatic carbocycles. The van der Waals surface area contributed by atoms with Crippen LogP contribution in [0.3, 0.4) is 0 Å². The van der Waals surface area contributed by atoms with Crippen LogP contribution in [0.1, 0.15) is 36.0 Å². The van der Waals surface area contributed by atoms with E-state index in [1.807, 2.05) is 54.6 Å². The van der Waals surface area contributed by atoms with E-state index in [4.69, 9.17) is 21.2 Å². The number of benzene rings is 2. The number of likely N-dealkylation sites (tertiary alicyclic amines) is 1. The molecule has 196 valence electrons. The summed E-state index contributed by atoms with van der Waals surface area (Å²) in [6.07, 6.45) is 6.85. The Morgan fingerprint density at radius 3 is 2.68 bits per heavy atom. The summed E-state index contributed by atoms with van der Waals surface area (Å²) in [6.45, 7) is 2.66. The minimum absolute atomic E-state index is 0.123. The van der Waals surface area contributed by atoms with Gasteiger partial charge in [-0.1, -0.05) is 41.5 Å². The van der Waals surface area contributed by atoms with Gasteiger partial charge in [0, 0.05) is 48.4 Å². The fourth-order valence-corrected chi connectivity index (χ4v) is 5.55. The fraction of sp³-hybridized carbons (Fsp3) is 0.310. The maximum atomic E-state index is 11.7. The van der Waals surface area contributed by atoms with Crippen molar-refractivity contribution in [3.05, 3.63) is 88.6 Å². The Morgan fingerprint density at radius 1 is 1.11 bits per heavy atom. The van der Waals surface area contributed by atoms with E-state index in [0.717, 1.165) is 54.0 Å². The van der Waals surface area contributed by atoms with Crippen molar-refractivity contribution in [2.45, 2.75) is 31.3 Å². The van der Waals surface area contributed by atoms with E-state index < -0.39 is 5.60 Å². The van der Waals surface area contributed by atoms with Gasteiger partial charge in [0.05, 0.1) is 11.3 Å². The molecule has 9 heteroatoms. The SMILES string of the molecule is O=C1CN(c2cccc3c2CC(=CCCN2CCC(O)(c4ccc(Cl)cc4)CC2)c2cccnc2O3)NO1. The molecule has 0 bridgehead atoms. The third kappa shape index (κ3) is 5.00. The van der Waals surface area contributed by atoms with Gasteiger partial charge in [-0.05, 0) is 66.8 Å². The van der Waals surface area contributed by atoms with Crippen LogP contribution >= 0.6 is 11.6 Å². The number of hydrogen-bond acceptors (Lipinski definition) is 8. The first kappa shape index (κ1) is 24.9. The van der Waals surface area contributed by atoms with Crippen molar-refractivity contribution >= 4 is 28.8 Å². The summed E-state index contributed by atoms with van der Waals surface area (Å²) in [7, 11) is 0. The molecule has 0 unspecified atom stereocenters. The van der Waals surface area contributed by atoms with Crippen LogP contribution in [0.5, 0.6) is 11.6 Å². The Bertz CT molecular complexity index is 1370. The molecule has 1 aromatic heterocycles. The molecule has 0 atom stereocenters. The quantitative estimate of drug-likeness (QED) is 0.492. The number of aromatic nitrogens is 1. The van der Waals surface area contributed by atoms with E-state index in [-0.39, 0.29) is 12.5 Å². The molecule has 0 spiro atoms. The van der Waals surface area contributed by atoms with Crippen molar-refractivity contribution in [3.63, 3.8) is 0 Å². The lowest BCUT2D eigenvalue weighted by molar-refractivity contribution is -0.142. The largest absolute Gasteiger partial charge is 0.438 e. The summed E-state index contributed by atoms with van der Waals surface area (Å²) in [4.78, 5) is 23.6. The smallest absolute Gasteiger partial charge is 0.347 e. The lowest BCUT2D eigenvalue weighted by atomic mass is 9.84. The zero-order valence-electron chi connectivity index (χ0n) is 20.9. The minimum atomic E-state index is -0.808. The van der Waals surface area contributed by atoms with Gasteiger partial charge >= 0.3 is 5.97 Å². The number of nitrogens with zero attached hydrogens (tertiary/aromatic N) is 3. The van der Waals surface area contributed by atoms with Gasteiger partial charge < -0.3 is 19.6 Å². The normalized spacial score (nSPS) is 19.9. The Balaban J connectivity index is 1.18. The third-order valence-corrected chi connectivity index (χ3v) is 7.80. The Labute approximate surface area is 226 Å². The van der Waals surface area contributed by atoms with Gasteiger partial charge in [-0.3, -0.25) is 5.01 Å². The Morgan fingerprint density at radius 2 is 1.92 bits per heavy atom. The van der Waals surface area contributed by atoms with Gasteiger partial charge in [0.1, 0.15) is 12.3 Å². The van der Waals surface area contributed by atoms with Gasteiger partial charge in [-0.2, -0.15) is 0 Å². The van der Waals surface area contributed by atoms with Crippen LogP contribution in [-0.2, 0) is 21.7 Å². The molecular weight excluding hydrogens is 504 g/mol. The minimum Gasteiger partial charge on any atom is -0.438 e. The molecule has 2 N–H and O–H groups in total. The molecule has 3 aromatic rings. The average Bonchev–Trinajstić information content (AvgIpc) is 3.29. The number of allylic oxidation sites excluding steroid dienone is 1. The molecule has 2 saturated heterocycles. The topological polar surface area (TPSA) is 87.2 Å². The first-order valence-corrected chi connectivity index (χ1v) is 13.2. The maximum Gasteiger partial charge on any atom is 0.347 e. The number of nitrogens with one attached hydrogen (secondary N) is 1. The number of halogens is 1. The van der Waals surface area contributed by atoms with E-state index in [0.29, 0.717) is 35.9 Å². The number of aliphatic hydroxyl groups is 1. The van der Waals surface area contributed by atoms with E-state index >= 15 is 0 Å². The molecule has 6 rings (SSSR count). The lowest BCUT2D eigenvalue weighted by Gasteiger charge is -2.38. The molecule has 0 saturated carbocycles. The van der Waals surface area contributed by atoms with Crippen molar-refractivity contribution in [3.8, 4) is 11.6 Å². The maximum absolute atomic E-state index is 11.7. The number of pyridine rings is 1. The number of carbonyl (C=O) groups is 1. The summed E-state index contributed by atoms with van der Waals surface area (Å²) in [6, 6.07) is 17.3. The second kappa shape index (κ2) is 10.4. The van der Waals surface area contributed by atoms with Crippen LogP contribution in [0.15, 0.2) is 66.9 Å². The molecule has 3 aliphatic rings. The van der Waals surface area contributed by atoms with Crippen LogP contribution in [0.25, 0.3) is 5.57 Å². The number of fused-ring (bicyclic) bond motifs is 2. The lowest BCUT2D eigenvalue weighted by Crippen LogP contribution is -2.42. The molecule has 0 amide bonds. The third-order valence-electron chi connectivity index (χ3n) is 7.55. The first-order valence-electron chi connectivity index (χ1n) is 12.9. The number of ether oxygens (including phenoxy) is 1. The predicted molar refractivity (Wildman–Crippen MR) is 145 cm³/mol. The molecule has 0 radical (unpaired) electrons. The van der Waals surface area contributed by atoms with Crippen molar-refractivity contribution in [2.75, 3.05) is 31.2 Å². The molecule has 2 aromatic carbocycles. The highest BCUT2D eigenvalue weighted by Crippen LogP contribution is 2.42. The van der Waals surface area contributed by atoms with Gasteiger partial charge in [0.15, 0.2) is 0 Å². The zero-order valence-corrected chi connectivity index (χ0v) is 21.7.